The van der Waals surface area contributed by atoms with Gasteiger partial charge in [-0.05, 0) is 24.3 Å². The van der Waals surface area contributed by atoms with E-state index in [2.05, 4.69) is 10.00 Å². The van der Waals surface area contributed by atoms with E-state index in [0.29, 0.717) is 36.2 Å². The molecule has 24 heavy (non-hydrogen) atoms. The Morgan fingerprint density at radius 2 is 1.75 bits per heavy atom. The lowest BCUT2D eigenvalue weighted by Gasteiger charge is -2.36. The Labute approximate surface area is 149 Å². The van der Waals surface area contributed by atoms with Crippen LogP contribution in [0.4, 0.5) is 5.69 Å². The summed E-state index contributed by atoms with van der Waals surface area (Å²) >= 11 is 12.0. The third kappa shape index (κ3) is 3.39. The first-order chi connectivity index (χ1) is 11.5. The molecular formula is C16H16Cl2N4O2. The van der Waals surface area contributed by atoms with Gasteiger partial charge in [0.1, 0.15) is 5.69 Å². The Morgan fingerprint density at radius 1 is 1.04 bits per heavy atom. The topological polar surface area (TPSA) is 58.4 Å². The Morgan fingerprint density at radius 3 is 2.38 bits per heavy atom. The first-order valence-electron chi connectivity index (χ1n) is 7.49. The first-order valence-corrected chi connectivity index (χ1v) is 8.25. The van der Waals surface area contributed by atoms with Crippen molar-refractivity contribution in [3.8, 4) is 0 Å². The van der Waals surface area contributed by atoms with E-state index in [1.54, 1.807) is 11.0 Å². The van der Waals surface area contributed by atoms with Crippen molar-refractivity contribution in [2.45, 2.75) is 0 Å². The van der Waals surface area contributed by atoms with Crippen LogP contribution in [0, 0.1) is 0 Å². The fourth-order valence-corrected chi connectivity index (χ4v) is 2.92. The second kappa shape index (κ2) is 6.83. The Kier molecular flexibility index (Phi) is 4.78. The van der Waals surface area contributed by atoms with Crippen LogP contribution in [0.5, 0.6) is 0 Å². The standard InChI is InChI=1S/C16H16Cl2N4O2/c1-20-15(23)5-4-14(19-20)16(24)22-8-6-21(7-9-22)11-2-3-12(17)13(18)10-11/h2-5,10H,6-9H2,1H3. The summed E-state index contributed by atoms with van der Waals surface area (Å²) in [5.74, 6) is -0.167. The minimum Gasteiger partial charge on any atom is -0.368 e. The molecule has 1 aromatic heterocycles. The molecule has 1 aromatic carbocycles. The maximum atomic E-state index is 12.5. The van der Waals surface area contributed by atoms with Crippen molar-refractivity contribution in [3.63, 3.8) is 0 Å². The van der Waals surface area contributed by atoms with Gasteiger partial charge in [-0.2, -0.15) is 5.10 Å². The maximum Gasteiger partial charge on any atom is 0.274 e. The third-order valence-corrected chi connectivity index (χ3v) is 4.75. The molecule has 0 radical (unpaired) electrons. The molecule has 6 nitrogen and oxygen atoms in total. The van der Waals surface area contributed by atoms with Gasteiger partial charge in [-0.1, -0.05) is 23.2 Å². The average Bonchev–Trinajstić information content (AvgIpc) is 2.59. The third-order valence-electron chi connectivity index (χ3n) is 4.01. The molecule has 0 aliphatic carbocycles. The van der Waals surface area contributed by atoms with Crippen molar-refractivity contribution in [1.29, 1.82) is 0 Å². The molecule has 0 unspecified atom stereocenters. The van der Waals surface area contributed by atoms with Gasteiger partial charge in [0.15, 0.2) is 0 Å². The minimum atomic E-state index is -0.240. The fraction of sp³-hybridized carbons (Fsp3) is 0.312. The summed E-state index contributed by atoms with van der Waals surface area (Å²) in [5.41, 5.74) is 1.02. The molecule has 3 rings (SSSR count). The molecule has 2 aromatic rings. The van der Waals surface area contributed by atoms with Gasteiger partial charge in [0.2, 0.25) is 0 Å². The first kappa shape index (κ1) is 16.8. The smallest absolute Gasteiger partial charge is 0.274 e. The largest absolute Gasteiger partial charge is 0.368 e. The molecule has 1 fully saturated rings. The minimum absolute atomic E-state index is 0.167. The van der Waals surface area contributed by atoms with Gasteiger partial charge in [-0.3, -0.25) is 9.59 Å². The number of halogens is 2. The summed E-state index contributed by atoms with van der Waals surface area (Å²) in [5, 5.41) is 5.05. The zero-order valence-corrected chi connectivity index (χ0v) is 14.6. The molecule has 1 saturated heterocycles. The number of carbonyl (C=O) groups is 1. The Balaban J connectivity index is 1.68. The number of rotatable bonds is 2. The number of aromatic nitrogens is 2. The second-order valence-corrected chi connectivity index (χ2v) is 6.37. The molecular weight excluding hydrogens is 351 g/mol. The second-order valence-electron chi connectivity index (χ2n) is 5.56. The molecule has 0 N–H and O–H groups in total. The van der Waals surface area contributed by atoms with Gasteiger partial charge >= 0.3 is 0 Å². The number of benzene rings is 1. The van der Waals surface area contributed by atoms with Crippen LogP contribution in [0.15, 0.2) is 35.1 Å². The number of nitrogens with zero attached hydrogens (tertiary/aromatic N) is 4. The molecule has 1 aliphatic rings. The van der Waals surface area contributed by atoms with Crippen LogP contribution in [0.2, 0.25) is 10.0 Å². The van der Waals surface area contributed by atoms with Crippen LogP contribution in [-0.4, -0.2) is 46.8 Å². The Bertz CT molecular complexity index is 829. The highest BCUT2D eigenvalue weighted by atomic mass is 35.5. The van der Waals surface area contributed by atoms with E-state index in [1.165, 1.54) is 23.9 Å². The molecule has 1 aliphatic heterocycles. The molecule has 0 saturated carbocycles. The predicted molar refractivity (Wildman–Crippen MR) is 94.1 cm³/mol. The van der Waals surface area contributed by atoms with Crippen LogP contribution >= 0.6 is 23.2 Å². The monoisotopic (exact) mass is 366 g/mol. The summed E-state index contributed by atoms with van der Waals surface area (Å²) < 4.78 is 1.17. The molecule has 0 atom stereocenters. The quantitative estimate of drug-likeness (QED) is 0.815. The predicted octanol–water partition coefficient (Wildman–Crippen LogP) is 2.05. The lowest BCUT2D eigenvalue weighted by atomic mass is 10.2. The fourth-order valence-electron chi connectivity index (χ4n) is 2.63. The van der Waals surface area contributed by atoms with Crippen LogP contribution in [0.1, 0.15) is 10.5 Å². The van der Waals surface area contributed by atoms with Crippen molar-refractivity contribution in [2.75, 3.05) is 31.1 Å². The zero-order chi connectivity index (χ0) is 17.3. The van der Waals surface area contributed by atoms with Crippen molar-refractivity contribution < 1.29 is 4.79 Å². The van der Waals surface area contributed by atoms with E-state index in [4.69, 9.17) is 23.2 Å². The average molecular weight is 367 g/mol. The van der Waals surface area contributed by atoms with Crippen LogP contribution < -0.4 is 10.5 Å². The molecule has 1 amide bonds. The van der Waals surface area contributed by atoms with Crippen molar-refractivity contribution >= 4 is 34.8 Å². The maximum absolute atomic E-state index is 12.5. The van der Waals surface area contributed by atoms with Gasteiger partial charge in [-0.25, -0.2) is 4.68 Å². The zero-order valence-electron chi connectivity index (χ0n) is 13.1. The van der Waals surface area contributed by atoms with Gasteiger partial charge in [0, 0.05) is 45.0 Å². The van der Waals surface area contributed by atoms with Gasteiger partial charge in [0.25, 0.3) is 11.5 Å². The number of carbonyl (C=O) groups excluding carboxylic acids is 1. The summed E-state index contributed by atoms with van der Waals surface area (Å²) in [4.78, 5) is 27.8. The summed E-state index contributed by atoms with van der Waals surface area (Å²) in [6.45, 7) is 2.53. The number of aryl methyl sites for hydroxylation is 1. The highest BCUT2D eigenvalue weighted by Crippen LogP contribution is 2.27. The lowest BCUT2D eigenvalue weighted by Crippen LogP contribution is -2.49. The van der Waals surface area contributed by atoms with Gasteiger partial charge in [0.05, 0.1) is 10.0 Å². The lowest BCUT2D eigenvalue weighted by molar-refractivity contribution is 0.0738. The van der Waals surface area contributed by atoms with E-state index in [-0.39, 0.29) is 17.2 Å². The number of anilines is 1. The van der Waals surface area contributed by atoms with Crippen LogP contribution in [0.3, 0.4) is 0 Å². The van der Waals surface area contributed by atoms with Crippen LogP contribution in [-0.2, 0) is 7.05 Å². The van der Waals surface area contributed by atoms with E-state index in [1.807, 2.05) is 12.1 Å². The van der Waals surface area contributed by atoms with Crippen molar-refractivity contribution in [1.82, 2.24) is 14.7 Å². The van der Waals surface area contributed by atoms with E-state index >= 15 is 0 Å². The normalized spacial score (nSPS) is 14.8. The number of hydrogen-bond donors (Lipinski definition) is 0. The summed E-state index contributed by atoms with van der Waals surface area (Å²) in [7, 11) is 1.53. The molecule has 2 heterocycles. The number of amides is 1. The molecule has 0 bridgehead atoms. The highest BCUT2D eigenvalue weighted by Gasteiger charge is 2.23. The molecule has 0 spiro atoms. The SMILES string of the molecule is Cn1nc(C(=O)N2CCN(c3ccc(Cl)c(Cl)c3)CC2)ccc1=O. The van der Waals surface area contributed by atoms with Crippen molar-refractivity contribution in [3.05, 3.63) is 56.4 Å². The van der Waals surface area contributed by atoms with E-state index < -0.39 is 0 Å². The Hall–Kier alpha value is -2.05. The number of hydrogen-bond acceptors (Lipinski definition) is 4. The van der Waals surface area contributed by atoms with Gasteiger partial charge in [-0.15, -0.1) is 0 Å². The molecule has 126 valence electrons. The summed E-state index contributed by atoms with van der Waals surface area (Å²) in [6, 6.07) is 8.34. The summed E-state index contributed by atoms with van der Waals surface area (Å²) in [6.07, 6.45) is 0. The highest BCUT2D eigenvalue weighted by molar-refractivity contribution is 6.42. The van der Waals surface area contributed by atoms with E-state index in [0.717, 1.165) is 5.69 Å². The number of piperazine rings is 1. The van der Waals surface area contributed by atoms with E-state index in [9.17, 15) is 9.59 Å². The van der Waals surface area contributed by atoms with Crippen LogP contribution in [0.25, 0.3) is 0 Å². The molecule has 8 heteroatoms. The van der Waals surface area contributed by atoms with Gasteiger partial charge < -0.3 is 9.80 Å². The van der Waals surface area contributed by atoms with Crippen molar-refractivity contribution in [2.24, 2.45) is 7.05 Å².